The van der Waals surface area contributed by atoms with Crippen LogP contribution in [0.4, 0.5) is 10.1 Å². The molecule has 0 atom stereocenters. The average molecular weight is 331 g/mol. The summed E-state index contributed by atoms with van der Waals surface area (Å²) in [6.07, 6.45) is 0. The molecule has 2 rings (SSSR count). The van der Waals surface area contributed by atoms with Gasteiger partial charge in [-0.05, 0) is 37.3 Å². The lowest BCUT2D eigenvalue weighted by Crippen LogP contribution is -2.13. The monoisotopic (exact) mass is 331 g/mol. The van der Waals surface area contributed by atoms with E-state index in [1.807, 2.05) is 0 Å². The number of hydrogen-bond donors (Lipinski definition) is 1. The van der Waals surface area contributed by atoms with E-state index in [9.17, 15) is 14.0 Å². The summed E-state index contributed by atoms with van der Waals surface area (Å²) in [6, 6.07) is 10.8. The molecule has 0 aliphatic heterocycles. The molecule has 0 aliphatic rings. The Morgan fingerprint density at radius 1 is 1.00 bits per heavy atom. The van der Waals surface area contributed by atoms with Crippen LogP contribution in [0.3, 0.4) is 0 Å². The number of ether oxygens (including phenoxy) is 2. The van der Waals surface area contributed by atoms with Crippen molar-refractivity contribution in [3.05, 3.63) is 53.8 Å². The molecule has 24 heavy (non-hydrogen) atoms. The van der Waals surface area contributed by atoms with E-state index >= 15 is 0 Å². The third kappa shape index (κ3) is 4.81. The van der Waals surface area contributed by atoms with Gasteiger partial charge in [0.15, 0.2) is 17.3 Å². The van der Waals surface area contributed by atoms with Crippen molar-refractivity contribution in [2.24, 2.45) is 0 Å². The topological polar surface area (TPSA) is 64.6 Å². The third-order valence-electron chi connectivity index (χ3n) is 3.13. The van der Waals surface area contributed by atoms with Crippen LogP contribution in [-0.4, -0.2) is 24.9 Å². The predicted octanol–water partition coefficient (Wildman–Crippen LogP) is 3.44. The smallest absolute Gasteiger partial charge is 0.221 e. The lowest BCUT2D eigenvalue weighted by Gasteiger charge is -2.13. The first-order chi connectivity index (χ1) is 11.5. The summed E-state index contributed by atoms with van der Waals surface area (Å²) in [4.78, 5) is 22.7. The van der Waals surface area contributed by atoms with E-state index in [0.29, 0.717) is 17.0 Å². The fourth-order valence-corrected chi connectivity index (χ4v) is 2.02. The van der Waals surface area contributed by atoms with E-state index in [4.69, 9.17) is 9.47 Å². The molecule has 126 valence electrons. The van der Waals surface area contributed by atoms with E-state index in [-0.39, 0.29) is 30.7 Å². The number of hydrogen-bond acceptors (Lipinski definition) is 4. The van der Waals surface area contributed by atoms with Crippen LogP contribution in [0, 0.1) is 5.82 Å². The van der Waals surface area contributed by atoms with Crippen molar-refractivity contribution in [1.82, 2.24) is 0 Å². The van der Waals surface area contributed by atoms with Crippen LogP contribution in [0.2, 0.25) is 0 Å². The van der Waals surface area contributed by atoms with E-state index < -0.39 is 5.82 Å². The van der Waals surface area contributed by atoms with Crippen LogP contribution in [0.25, 0.3) is 0 Å². The van der Waals surface area contributed by atoms with Crippen LogP contribution in [0.15, 0.2) is 42.5 Å². The van der Waals surface area contributed by atoms with Crippen molar-refractivity contribution in [2.75, 3.05) is 18.5 Å². The number of Topliss-reactive ketones (excluding diaryl/α,β-unsaturated/α-hetero) is 1. The highest BCUT2D eigenvalue weighted by Gasteiger charge is 2.10. The molecule has 5 nitrogen and oxygen atoms in total. The van der Waals surface area contributed by atoms with Gasteiger partial charge in [-0.15, -0.1) is 0 Å². The third-order valence-corrected chi connectivity index (χ3v) is 3.13. The molecule has 0 unspecified atom stereocenters. The zero-order valence-corrected chi connectivity index (χ0v) is 13.5. The molecular weight excluding hydrogens is 313 g/mol. The van der Waals surface area contributed by atoms with Gasteiger partial charge in [-0.3, -0.25) is 9.59 Å². The number of ketones is 1. The molecule has 2 aromatic carbocycles. The lowest BCUT2D eigenvalue weighted by molar-refractivity contribution is -0.114. The van der Waals surface area contributed by atoms with E-state index in [2.05, 4.69) is 5.32 Å². The Hall–Kier alpha value is -2.89. The normalized spacial score (nSPS) is 10.1. The number of carbonyl (C=O) groups excluding carboxylic acids is 2. The molecule has 1 N–H and O–H groups in total. The van der Waals surface area contributed by atoms with Gasteiger partial charge >= 0.3 is 0 Å². The number of carbonyl (C=O) groups is 2. The maximum Gasteiger partial charge on any atom is 0.221 e. The quantitative estimate of drug-likeness (QED) is 0.623. The minimum absolute atomic E-state index is 0.114. The average Bonchev–Trinajstić information content (AvgIpc) is 2.53. The fourth-order valence-electron chi connectivity index (χ4n) is 2.02. The van der Waals surface area contributed by atoms with E-state index in [0.717, 1.165) is 0 Å². The Kier molecular flexibility index (Phi) is 5.89. The number of rotatable bonds is 7. The van der Waals surface area contributed by atoms with Crippen molar-refractivity contribution in [3.63, 3.8) is 0 Å². The van der Waals surface area contributed by atoms with Crippen molar-refractivity contribution in [2.45, 2.75) is 13.8 Å². The van der Waals surface area contributed by atoms with Gasteiger partial charge in [-0.1, -0.05) is 12.1 Å². The van der Waals surface area contributed by atoms with Crippen molar-refractivity contribution in [3.8, 4) is 11.5 Å². The summed E-state index contributed by atoms with van der Waals surface area (Å²) >= 11 is 0. The first-order valence-electron chi connectivity index (χ1n) is 7.40. The second kappa shape index (κ2) is 8.10. The molecule has 0 radical (unpaired) electrons. The summed E-state index contributed by atoms with van der Waals surface area (Å²) in [5.74, 6) is -0.319. The molecule has 2 aromatic rings. The predicted molar refractivity (Wildman–Crippen MR) is 88.1 cm³/mol. The van der Waals surface area contributed by atoms with Gasteiger partial charge in [0.1, 0.15) is 19.0 Å². The minimum atomic E-state index is -0.449. The Morgan fingerprint density at radius 3 is 2.29 bits per heavy atom. The van der Waals surface area contributed by atoms with Gasteiger partial charge in [0.2, 0.25) is 5.91 Å². The fraction of sp³-hybridized carbons (Fsp3) is 0.222. The Balaban J connectivity index is 2.01. The van der Waals surface area contributed by atoms with Gasteiger partial charge in [0.05, 0.1) is 5.69 Å². The first kappa shape index (κ1) is 17.5. The highest BCUT2D eigenvalue weighted by molar-refractivity contribution is 5.96. The SMILES string of the molecule is CC(=O)Nc1ccc(C(C)=O)cc1OCCOc1ccccc1F. The van der Waals surface area contributed by atoms with Gasteiger partial charge in [-0.2, -0.15) is 0 Å². The van der Waals surface area contributed by atoms with Gasteiger partial charge in [0, 0.05) is 12.5 Å². The summed E-state index contributed by atoms with van der Waals surface area (Å²) in [5, 5.41) is 2.63. The van der Waals surface area contributed by atoms with Crippen molar-refractivity contribution in [1.29, 1.82) is 0 Å². The lowest BCUT2D eigenvalue weighted by atomic mass is 10.1. The Bertz CT molecular complexity index is 746. The number of para-hydroxylation sites is 1. The molecule has 0 fully saturated rings. The molecular formula is C18H18FNO4. The number of benzene rings is 2. The van der Waals surface area contributed by atoms with Gasteiger partial charge < -0.3 is 14.8 Å². The Morgan fingerprint density at radius 2 is 1.67 bits per heavy atom. The van der Waals surface area contributed by atoms with Crippen LogP contribution >= 0.6 is 0 Å². The van der Waals surface area contributed by atoms with Crippen LogP contribution in [0.5, 0.6) is 11.5 Å². The Labute approximate surface area is 139 Å². The van der Waals surface area contributed by atoms with Crippen LogP contribution in [0.1, 0.15) is 24.2 Å². The number of halogens is 1. The van der Waals surface area contributed by atoms with Crippen molar-refractivity contribution < 1.29 is 23.5 Å². The number of anilines is 1. The van der Waals surface area contributed by atoms with Gasteiger partial charge in [-0.25, -0.2) is 4.39 Å². The van der Waals surface area contributed by atoms with Crippen molar-refractivity contribution >= 4 is 17.4 Å². The van der Waals surface area contributed by atoms with Crippen LogP contribution in [-0.2, 0) is 4.79 Å². The first-order valence-corrected chi connectivity index (χ1v) is 7.40. The number of nitrogens with one attached hydrogen (secondary N) is 1. The molecule has 0 aliphatic carbocycles. The molecule has 0 bridgehead atoms. The maximum atomic E-state index is 13.4. The van der Waals surface area contributed by atoms with Gasteiger partial charge in [0.25, 0.3) is 0 Å². The molecule has 0 heterocycles. The summed E-state index contributed by atoms with van der Waals surface area (Å²) < 4.78 is 24.3. The van der Waals surface area contributed by atoms with Crippen LogP contribution < -0.4 is 14.8 Å². The zero-order valence-electron chi connectivity index (χ0n) is 13.5. The summed E-state index contributed by atoms with van der Waals surface area (Å²) in [7, 11) is 0. The van der Waals surface area contributed by atoms with E-state index in [1.54, 1.807) is 30.3 Å². The molecule has 0 saturated heterocycles. The standard InChI is InChI=1S/C18H18FNO4/c1-12(21)14-7-8-16(20-13(2)22)18(11-14)24-10-9-23-17-6-4-3-5-15(17)19/h3-8,11H,9-10H2,1-2H3,(H,20,22). The maximum absolute atomic E-state index is 13.4. The molecule has 1 amide bonds. The second-order valence-corrected chi connectivity index (χ2v) is 5.08. The second-order valence-electron chi connectivity index (χ2n) is 5.08. The summed E-state index contributed by atoms with van der Waals surface area (Å²) in [6.45, 7) is 3.06. The highest BCUT2D eigenvalue weighted by Crippen LogP contribution is 2.26. The minimum Gasteiger partial charge on any atom is -0.488 e. The zero-order chi connectivity index (χ0) is 17.5. The van der Waals surface area contributed by atoms with E-state index in [1.165, 1.54) is 26.0 Å². The molecule has 0 saturated carbocycles. The summed E-state index contributed by atoms with van der Waals surface area (Å²) in [5.41, 5.74) is 0.924. The molecule has 0 aromatic heterocycles. The molecule has 0 spiro atoms. The number of amides is 1. The largest absolute Gasteiger partial charge is 0.488 e. The highest BCUT2D eigenvalue weighted by atomic mass is 19.1. The molecule has 6 heteroatoms.